The molecule has 0 saturated carbocycles. The molecule has 0 aliphatic carbocycles. The van der Waals surface area contributed by atoms with Crippen LogP contribution in [0.3, 0.4) is 0 Å². The third-order valence-corrected chi connectivity index (χ3v) is 4.95. The highest BCUT2D eigenvalue weighted by Crippen LogP contribution is 2.36. The summed E-state index contributed by atoms with van der Waals surface area (Å²) in [6.07, 6.45) is 3.67. The second-order valence-electron chi connectivity index (χ2n) is 7.36. The zero-order chi connectivity index (χ0) is 17.6. The third-order valence-electron chi connectivity index (χ3n) is 4.95. The average molecular weight is 329 g/mol. The van der Waals surface area contributed by atoms with E-state index in [9.17, 15) is 0 Å². The summed E-state index contributed by atoms with van der Waals surface area (Å²) in [4.78, 5) is 4.72. The van der Waals surface area contributed by atoms with Gasteiger partial charge in [0.25, 0.3) is 0 Å². The predicted molar refractivity (Wildman–Crippen MR) is 105 cm³/mol. The molecule has 0 bridgehead atoms. The maximum absolute atomic E-state index is 5.81. The molecule has 2 heterocycles. The van der Waals surface area contributed by atoms with Gasteiger partial charge in [-0.05, 0) is 52.6 Å². The molecule has 0 N–H and O–H groups in total. The van der Waals surface area contributed by atoms with Gasteiger partial charge in [0.1, 0.15) is 5.58 Å². The first-order valence-corrected chi connectivity index (χ1v) is 8.95. The number of aromatic nitrogens is 1. The Hall–Kier alpha value is -2.61. The molecule has 4 aromatic rings. The molecule has 0 unspecified atom stereocenters. The van der Waals surface area contributed by atoms with E-state index in [1.54, 1.807) is 6.26 Å². The summed E-state index contributed by atoms with van der Waals surface area (Å²) in [5, 5.41) is 3.54. The van der Waals surface area contributed by atoms with E-state index in [4.69, 9.17) is 9.40 Å². The number of rotatable bonds is 3. The van der Waals surface area contributed by atoms with Gasteiger partial charge in [0.15, 0.2) is 0 Å². The van der Waals surface area contributed by atoms with Crippen molar-refractivity contribution in [3.05, 3.63) is 66.1 Å². The highest BCUT2D eigenvalue weighted by atomic mass is 16.3. The SMILES string of the molecule is CC(C)c1ccc2c(-c3cc(C(C)C)cc4ccoc34)nccc2c1. The normalized spacial score (nSPS) is 11.9. The van der Waals surface area contributed by atoms with Gasteiger partial charge in [-0.3, -0.25) is 4.98 Å². The number of furan rings is 1. The first-order chi connectivity index (χ1) is 12.0. The predicted octanol–water partition coefficient (Wildman–Crippen LogP) is 6.89. The van der Waals surface area contributed by atoms with Crippen LogP contribution in [0.15, 0.2) is 59.3 Å². The monoisotopic (exact) mass is 329 g/mol. The van der Waals surface area contributed by atoms with E-state index in [2.05, 4.69) is 64.1 Å². The zero-order valence-corrected chi connectivity index (χ0v) is 15.2. The van der Waals surface area contributed by atoms with E-state index in [0.29, 0.717) is 11.8 Å². The minimum atomic E-state index is 0.459. The van der Waals surface area contributed by atoms with Crippen LogP contribution >= 0.6 is 0 Å². The molecule has 2 nitrogen and oxygen atoms in total. The lowest BCUT2D eigenvalue weighted by Gasteiger charge is -2.12. The molecular weight excluding hydrogens is 306 g/mol. The molecule has 126 valence electrons. The van der Waals surface area contributed by atoms with Crippen LogP contribution in [0.5, 0.6) is 0 Å². The Morgan fingerprint density at radius 3 is 2.32 bits per heavy atom. The second kappa shape index (κ2) is 6.03. The first-order valence-electron chi connectivity index (χ1n) is 8.95. The van der Waals surface area contributed by atoms with Crippen LogP contribution in [-0.4, -0.2) is 4.98 Å². The molecule has 2 aromatic carbocycles. The van der Waals surface area contributed by atoms with Gasteiger partial charge >= 0.3 is 0 Å². The minimum Gasteiger partial charge on any atom is -0.464 e. The minimum absolute atomic E-state index is 0.459. The third kappa shape index (κ3) is 2.72. The van der Waals surface area contributed by atoms with E-state index in [1.165, 1.54) is 21.9 Å². The van der Waals surface area contributed by atoms with Crippen molar-refractivity contribution in [1.29, 1.82) is 0 Å². The van der Waals surface area contributed by atoms with Gasteiger partial charge in [0.2, 0.25) is 0 Å². The largest absolute Gasteiger partial charge is 0.464 e. The van der Waals surface area contributed by atoms with Crippen molar-refractivity contribution in [1.82, 2.24) is 4.98 Å². The van der Waals surface area contributed by atoms with Crippen molar-refractivity contribution in [2.75, 3.05) is 0 Å². The van der Waals surface area contributed by atoms with Gasteiger partial charge < -0.3 is 4.42 Å². The molecule has 2 heteroatoms. The van der Waals surface area contributed by atoms with E-state index in [1.807, 2.05) is 12.3 Å². The van der Waals surface area contributed by atoms with Gasteiger partial charge in [0, 0.05) is 22.5 Å². The van der Waals surface area contributed by atoms with Crippen molar-refractivity contribution >= 4 is 21.7 Å². The molecule has 25 heavy (non-hydrogen) atoms. The van der Waals surface area contributed by atoms with Crippen LogP contribution in [0.25, 0.3) is 33.0 Å². The number of pyridine rings is 1. The Morgan fingerprint density at radius 1 is 0.800 bits per heavy atom. The molecule has 2 aromatic heterocycles. The van der Waals surface area contributed by atoms with Crippen LogP contribution in [0.2, 0.25) is 0 Å². The Bertz CT molecular complexity index is 1060. The molecule has 0 spiro atoms. The maximum atomic E-state index is 5.81. The second-order valence-corrected chi connectivity index (χ2v) is 7.36. The molecule has 0 radical (unpaired) electrons. The summed E-state index contributed by atoms with van der Waals surface area (Å²) >= 11 is 0. The molecule has 0 aliphatic heterocycles. The molecule has 0 aliphatic rings. The number of nitrogens with zero attached hydrogens (tertiary/aromatic N) is 1. The number of fused-ring (bicyclic) bond motifs is 2. The van der Waals surface area contributed by atoms with Crippen LogP contribution in [-0.2, 0) is 0 Å². The Morgan fingerprint density at radius 2 is 1.56 bits per heavy atom. The van der Waals surface area contributed by atoms with Crippen molar-refractivity contribution in [2.45, 2.75) is 39.5 Å². The topological polar surface area (TPSA) is 26.0 Å². The molecular formula is C23H23NO. The van der Waals surface area contributed by atoms with Gasteiger partial charge in [-0.2, -0.15) is 0 Å². The quantitative estimate of drug-likeness (QED) is 0.409. The molecule has 0 saturated heterocycles. The van der Waals surface area contributed by atoms with E-state index in [0.717, 1.165) is 22.2 Å². The molecule has 0 fully saturated rings. The summed E-state index contributed by atoms with van der Waals surface area (Å²) in [6, 6.07) is 15.3. The number of hydrogen-bond acceptors (Lipinski definition) is 2. The van der Waals surface area contributed by atoms with E-state index >= 15 is 0 Å². The highest BCUT2D eigenvalue weighted by Gasteiger charge is 2.15. The number of benzene rings is 2. The summed E-state index contributed by atoms with van der Waals surface area (Å²) in [5.74, 6) is 0.975. The van der Waals surface area contributed by atoms with Crippen molar-refractivity contribution in [3.63, 3.8) is 0 Å². The average Bonchev–Trinajstić information content (AvgIpc) is 3.08. The van der Waals surface area contributed by atoms with Crippen LogP contribution in [0.4, 0.5) is 0 Å². The fourth-order valence-corrected chi connectivity index (χ4v) is 3.38. The van der Waals surface area contributed by atoms with Gasteiger partial charge in [-0.15, -0.1) is 0 Å². The Labute approximate surface area is 148 Å². The van der Waals surface area contributed by atoms with Crippen LogP contribution < -0.4 is 0 Å². The summed E-state index contributed by atoms with van der Waals surface area (Å²) in [6.45, 7) is 8.89. The summed E-state index contributed by atoms with van der Waals surface area (Å²) in [7, 11) is 0. The summed E-state index contributed by atoms with van der Waals surface area (Å²) in [5.41, 5.74) is 5.65. The van der Waals surface area contributed by atoms with Crippen molar-refractivity contribution in [3.8, 4) is 11.3 Å². The highest BCUT2D eigenvalue weighted by molar-refractivity contribution is 6.02. The van der Waals surface area contributed by atoms with E-state index in [-0.39, 0.29) is 0 Å². The molecule has 0 amide bonds. The van der Waals surface area contributed by atoms with E-state index < -0.39 is 0 Å². The smallest absolute Gasteiger partial charge is 0.143 e. The maximum Gasteiger partial charge on any atom is 0.143 e. The fourth-order valence-electron chi connectivity index (χ4n) is 3.38. The first kappa shape index (κ1) is 15.9. The fraction of sp³-hybridized carbons (Fsp3) is 0.261. The lowest BCUT2D eigenvalue weighted by atomic mass is 9.94. The number of hydrogen-bond donors (Lipinski definition) is 0. The zero-order valence-electron chi connectivity index (χ0n) is 15.2. The van der Waals surface area contributed by atoms with Crippen molar-refractivity contribution in [2.24, 2.45) is 0 Å². The van der Waals surface area contributed by atoms with Crippen LogP contribution in [0.1, 0.15) is 50.7 Å². The molecule has 0 atom stereocenters. The van der Waals surface area contributed by atoms with Crippen molar-refractivity contribution < 1.29 is 4.42 Å². The lowest BCUT2D eigenvalue weighted by Crippen LogP contribution is -1.93. The summed E-state index contributed by atoms with van der Waals surface area (Å²) < 4.78 is 5.81. The Kier molecular flexibility index (Phi) is 3.84. The van der Waals surface area contributed by atoms with Crippen LogP contribution in [0, 0.1) is 0 Å². The van der Waals surface area contributed by atoms with Gasteiger partial charge in [-0.25, -0.2) is 0 Å². The lowest BCUT2D eigenvalue weighted by molar-refractivity contribution is 0.616. The van der Waals surface area contributed by atoms with Gasteiger partial charge in [0.05, 0.1) is 12.0 Å². The Balaban J connectivity index is 2.01. The standard InChI is InChI=1S/C23H23NO/c1-14(2)16-5-6-20-17(11-16)7-9-24-22(20)21-13-19(15(3)4)12-18-8-10-25-23(18)21/h5-15H,1-4H3. The molecule has 4 rings (SSSR count). The van der Waals surface area contributed by atoms with Gasteiger partial charge in [-0.1, -0.05) is 45.9 Å².